The van der Waals surface area contributed by atoms with Crippen molar-refractivity contribution in [3.8, 4) is 0 Å². The molecule has 0 spiro atoms. The summed E-state index contributed by atoms with van der Waals surface area (Å²) >= 11 is 1.29. The summed E-state index contributed by atoms with van der Waals surface area (Å²) in [5.74, 6) is -0.383. The SMILES string of the molecule is CSc1ccc(CS(=O)(=O)Cl)cc1S(C)(=O)=O. The summed E-state index contributed by atoms with van der Waals surface area (Å²) in [4.78, 5) is 0.714. The van der Waals surface area contributed by atoms with Gasteiger partial charge in [0.15, 0.2) is 9.84 Å². The normalized spacial score (nSPS) is 12.6. The third-order valence-electron chi connectivity index (χ3n) is 1.97. The Bertz CT molecular complexity index is 620. The van der Waals surface area contributed by atoms with E-state index in [0.717, 1.165) is 6.26 Å². The molecule has 96 valence electrons. The highest BCUT2D eigenvalue weighted by Crippen LogP contribution is 2.26. The molecular weight excluding hydrogens is 304 g/mol. The summed E-state index contributed by atoms with van der Waals surface area (Å²) in [6.07, 6.45) is 2.84. The molecule has 0 atom stereocenters. The van der Waals surface area contributed by atoms with Crippen LogP contribution in [0.4, 0.5) is 0 Å². The zero-order valence-corrected chi connectivity index (χ0v) is 12.4. The van der Waals surface area contributed by atoms with Crippen molar-refractivity contribution >= 4 is 41.3 Å². The number of thioether (sulfide) groups is 1. The maximum Gasteiger partial charge on any atom is 0.236 e. The molecule has 0 heterocycles. The van der Waals surface area contributed by atoms with E-state index >= 15 is 0 Å². The number of benzene rings is 1. The van der Waals surface area contributed by atoms with Crippen molar-refractivity contribution in [1.29, 1.82) is 0 Å². The van der Waals surface area contributed by atoms with Gasteiger partial charge in [-0.15, -0.1) is 11.8 Å². The molecule has 0 bridgehead atoms. The molecule has 8 heteroatoms. The average Bonchev–Trinajstić information content (AvgIpc) is 2.13. The van der Waals surface area contributed by atoms with Gasteiger partial charge in [-0.2, -0.15) is 0 Å². The van der Waals surface area contributed by atoms with E-state index in [9.17, 15) is 16.8 Å². The number of sulfone groups is 1. The summed E-state index contributed by atoms with van der Waals surface area (Å²) < 4.78 is 44.9. The first-order valence-corrected chi connectivity index (χ1v) is 10.0. The van der Waals surface area contributed by atoms with Gasteiger partial charge in [-0.25, -0.2) is 16.8 Å². The van der Waals surface area contributed by atoms with Crippen LogP contribution in [0.25, 0.3) is 0 Å². The van der Waals surface area contributed by atoms with Crippen molar-refractivity contribution in [2.75, 3.05) is 12.5 Å². The fourth-order valence-electron chi connectivity index (χ4n) is 1.30. The Morgan fingerprint density at radius 3 is 2.24 bits per heavy atom. The number of hydrogen-bond donors (Lipinski definition) is 0. The van der Waals surface area contributed by atoms with Crippen LogP contribution in [0, 0.1) is 0 Å². The Labute approximate surface area is 110 Å². The molecule has 4 nitrogen and oxygen atoms in total. The van der Waals surface area contributed by atoms with Crippen LogP contribution >= 0.6 is 22.4 Å². The second-order valence-corrected chi connectivity index (χ2v) is 9.05. The highest BCUT2D eigenvalue weighted by Gasteiger charge is 2.15. The summed E-state index contributed by atoms with van der Waals surface area (Å²) in [5, 5.41) is 0. The molecule has 1 rings (SSSR count). The third kappa shape index (κ3) is 4.50. The first-order valence-electron chi connectivity index (χ1n) is 4.43. The number of rotatable bonds is 4. The second kappa shape index (κ2) is 5.17. The summed E-state index contributed by atoms with van der Waals surface area (Å²) in [6.45, 7) is 0. The van der Waals surface area contributed by atoms with Crippen molar-refractivity contribution < 1.29 is 16.8 Å². The monoisotopic (exact) mass is 314 g/mol. The van der Waals surface area contributed by atoms with Crippen LogP contribution in [0.15, 0.2) is 28.0 Å². The lowest BCUT2D eigenvalue weighted by Crippen LogP contribution is -2.02. The van der Waals surface area contributed by atoms with Crippen LogP contribution in [0.2, 0.25) is 0 Å². The Balaban J connectivity index is 3.33. The number of halogens is 1. The zero-order valence-electron chi connectivity index (χ0n) is 9.17. The van der Waals surface area contributed by atoms with Crippen molar-refractivity contribution in [3.63, 3.8) is 0 Å². The Kier molecular flexibility index (Phi) is 4.51. The first kappa shape index (κ1) is 14.8. The van der Waals surface area contributed by atoms with Crippen LogP contribution in [0.3, 0.4) is 0 Å². The van der Waals surface area contributed by atoms with Gasteiger partial charge in [0.05, 0.1) is 10.6 Å². The van der Waals surface area contributed by atoms with Gasteiger partial charge < -0.3 is 0 Å². The maximum atomic E-state index is 11.5. The fraction of sp³-hybridized carbons (Fsp3) is 0.333. The highest BCUT2D eigenvalue weighted by molar-refractivity contribution is 8.13. The Morgan fingerprint density at radius 2 is 1.82 bits per heavy atom. The van der Waals surface area contributed by atoms with Crippen molar-refractivity contribution in [2.45, 2.75) is 15.5 Å². The van der Waals surface area contributed by atoms with E-state index in [1.54, 1.807) is 18.4 Å². The van der Waals surface area contributed by atoms with Crippen LogP contribution in [0.5, 0.6) is 0 Å². The molecule has 0 fully saturated rings. The molecule has 0 aliphatic carbocycles. The van der Waals surface area contributed by atoms with Crippen LogP contribution in [0.1, 0.15) is 5.56 Å². The third-order valence-corrected chi connectivity index (χ3v) is 5.03. The lowest BCUT2D eigenvalue weighted by molar-refractivity contribution is 0.598. The predicted octanol–water partition coefficient (Wildman–Crippen LogP) is 1.88. The molecule has 0 aromatic heterocycles. The van der Waals surface area contributed by atoms with E-state index in [2.05, 4.69) is 0 Å². The van der Waals surface area contributed by atoms with Gasteiger partial charge in [0, 0.05) is 21.8 Å². The quantitative estimate of drug-likeness (QED) is 0.627. The summed E-state index contributed by atoms with van der Waals surface area (Å²) in [7, 11) is -1.95. The van der Waals surface area contributed by atoms with Crippen LogP contribution in [-0.2, 0) is 24.6 Å². The predicted molar refractivity (Wildman–Crippen MR) is 69.8 cm³/mol. The van der Waals surface area contributed by atoms with Gasteiger partial charge in [0.1, 0.15) is 0 Å². The molecule has 0 aliphatic rings. The molecule has 0 N–H and O–H groups in total. The largest absolute Gasteiger partial charge is 0.236 e. The minimum absolute atomic E-state index is 0.128. The summed E-state index contributed by atoms with van der Waals surface area (Å²) in [5.41, 5.74) is 0.359. The zero-order chi connectivity index (χ0) is 13.3. The molecule has 1 aromatic rings. The molecule has 17 heavy (non-hydrogen) atoms. The standard InChI is InChI=1S/C9H11ClO4S3/c1-15-8-4-3-7(6-17(10,13)14)5-9(8)16(2,11)12/h3-5H,6H2,1-2H3. The Hall–Kier alpha value is -0.240. The molecule has 0 amide bonds. The van der Waals surface area contributed by atoms with E-state index in [-0.39, 0.29) is 10.6 Å². The Morgan fingerprint density at radius 1 is 1.24 bits per heavy atom. The van der Waals surface area contributed by atoms with Gasteiger partial charge in [0.2, 0.25) is 9.05 Å². The van der Waals surface area contributed by atoms with Gasteiger partial charge >= 0.3 is 0 Å². The van der Waals surface area contributed by atoms with Crippen LogP contribution in [-0.4, -0.2) is 29.3 Å². The van der Waals surface area contributed by atoms with Gasteiger partial charge in [0.25, 0.3) is 0 Å². The minimum atomic E-state index is -3.69. The number of hydrogen-bond acceptors (Lipinski definition) is 5. The molecular formula is C9H11ClO4S3. The minimum Gasteiger partial charge on any atom is -0.224 e. The van der Waals surface area contributed by atoms with E-state index in [0.29, 0.717) is 10.5 Å². The second-order valence-electron chi connectivity index (χ2n) is 3.44. The van der Waals surface area contributed by atoms with Crippen molar-refractivity contribution in [3.05, 3.63) is 23.8 Å². The van der Waals surface area contributed by atoms with Gasteiger partial charge in [-0.3, -0.25) is 0 Å². The topological polar surface area (TPSA) is 68.3 Å². The molecule has 0 aliphatic heterocycles. The lowest BCUT2D eigenvalue weighted by atomic mass is 10.2. The van der Waals surface area contributed by atoms with E-state index in [1.807, 2.05) is 0 Å². The molecule has 1 aromatic carbocycles. The maximum absolute atomic E-state index is 11.5. The molecule has 0 saturated heterocycles. The van der Waals surface area contributed by atoms with E-state index in [4.69, 9.17) is 10.7 Å². The van der Waals surface area contributed by atoms with Gasteiger partial charge in [-0.1, -0.05) is 6.07 Å². The fourth-order valence-corrected chi connectivity index (χ4v) is 4.22. The van der Waals surface area contributed by atoms with Crippen molar-refractivity contribution in [2.24, 2.45) is 0 Å². The smallest absolute Gasteiger partial charge is 0.224 e. The first-order chi connectivity index (χ1) is 7.63. The molecule has 0 saturated carbocycles. The van der Waals surface area contributed by atoms with E-state index < -0.39 is 18.9 Å². The summed E-state index contributed by atoms with van der Waals surface area (Å²) in [6, 6.07) is 4.49. The average molecular weight is 315 g/mol. The molecule has 0 radical (unpaired) electrons. The van der Waals surface area contributed by atoms with Crippen molar-refractivity contribution in [1.82, 2.24) is 0 Å². The lowest BCUT2D eigenvalue weighted by Gasteiger charge is -2.07. The van der Waals surface area contributed by atoms with E-state index in [1.165, 1.54) is 17.8 Å². The van der Waals surface area contributed by atoms with Gasteiger partial charge in [-0.05, 0) is 24.0 Å². The van der Waals surface area contributed by atoms with Crippen LogP contribution < -0.4 is 0 Å². The molecule has 0 unspecified atom stereocenters. The highest BCUT2D eigenvalue weighted by atomic mass is 35.7.